The average molecular weight is 273 g/mol. The topological polar surface area (TPSA) is 62.5 Å². The minimum absolute atomic E-state index is 0.00708. The number of carbonyl (C=O) groups excluding carboxylic acids is 1. The van der Waals surface area contributed by atoms with Crippen LogP contribution < -0.4 is 5.32 Å². The van der Waals surface area contributed by atoms with E-state index in [4.69, 9.17) is 9.52 Å². The van der Waals surface area contributed by atoms with Gasteiger partial charge in [-0.05, 0) is 30.2 Å². The van der Waals surface area contributed by atoms with E-state index in [2.05, 4.69) is 5.32 Å². The van der Waals surface area contributed by atoms with E-state index >= 15 is 0 Å². The molecule has 0 aliphatic heterocycles. The summed E-state index contributed by atoms with van der Waals surface area (Å²) in [6.45, 7) is 3.90. The molecule has 20 heavy (non-hydrogen) atoms. The first-order chi connectivity index (χ1) is 9.58. The Hall–Kier alpha value is -2.07. The van der Waals surface area contributed by atoms with Crippen molar-refractivity contribution in [1.29, 1.82) is 0 Å². The maximum Gasteiger partial charge on any atom is 0.224 e. The Morgan fingerprint density at radius 1 is 1.30 bits per heavy atom. The van der Waals surface area contributed by atoms with E-state index in [0.717, 1.165) is 11.3 Å². The number of nitrogens with one attached hydrogen (secondary N) is 1. The molecule has 0 unspecified atom stereocenters. The second-order valence-corrected chi connectivity index (χ2v) is 5.15. The molecule has 0 aliphatic rings. The lowest BCUT2D eigenvalue weighted by atomic mass is 10.1. The van der Waals surface area contributed by atoms with Crippen molar-refractivity contribution in [1.82, 2.24) is 0 Å². The highest BCUT2D eigenvalue weighted by atomic mass is 16.4. The van der Waals surface area contributed by atoms with Crippen LogP contribution in [0.1, 0.15) is 26.0 Å². The lowest BCUT2D eigenvalue weighted by Gasteiger charge is -2.08. The first-order valence-corrected chi connectivity index (χ1v) is 6.68. The number of carbonyl (C=O) groups is 1. The average Bonchev–Trinajstić information content (AvgIpc) is 2.86. The second kappa shape index (κ2) is 6.39. The zero-order valence-electron chi connectivity index (χ0n) is 11.7. The van der Waals surface area contributed by atoms with Crippen LogP contribution >= 0.6 is 0 Å². The number of rotatable bonds is 5. The largest absolute Gasteiger partial charge is 0.459 e. The van der Waals surface area contributed by atoms with Crippen molar-refractivity contribution in [3.63, 3.8) is 0 Å². The zero-order chi connectivity index (χ0) is 14.5. The number of aliphatic hydroxyl groups excluding tert-OH is 1. The summed E-state index contributed by atoms with van der Waals surface area (Å²) in [6, 6.07) is 11.0. The number of anilines is 1. The summed E-state index contributed by atoms with van der Waals surface area (Å²) >= 11 is 0. The van der Waals surface area contributed by atoms with E-state index < -0.39 is 0 Å². The third-order valence-electron chi connectivity index (χ3n) is 2.84. The van der Waals surface area contributed by atoms with Crippen LogP contribution in [0.4, 0.5) is 5.69 Å². The number of hydrogen-bond donors (Lipinski definition) is 2. The van der Waals surface area contributed by atoms with Crippen molar-refractivity contribution >= 4 is 11.6 Å². The van der Waals surface area contributed by atoms with E-state index in [1.807, 2.05) is 38.1 Å². The van der Waals surface area contributed by atoms with E-state index in [1.165, 1.54) is 0 Å². The Balaban J connectivity index is 2.13. The van der Waals surface area contributed by atoms with Gasteiger partial charge in [0.15, 0.2) is 0 Å². The van der Waals surface area contributed by atoms with E-state index in [9.17, 15) is 4.79 Å². The number of benzene rings is 1. The lowest BCUT2D eigenvalue weighted by molar-refractivity contribution is -0.116. The van der Waals surface area contributed by atoms with Crippen molar-refractivity contribution in [2.75, 3.05) is 5.32 Å². The quantitative estimate of drug-likeness (QED) is 0.877. The molecule has 0 atom stereocenters. The molecule has 0 radical (unpaired) electrons. The Morgan fingerprint density at radius 2 is 2.10 bits per heavy atom. The van der Waals surface area contributed by atoms with Gasteiger partial charge >= 0.3 is 0 Å². The molecule has 1 aromatic heterocycles. The molecule has 0 saturated carbocycles. The van der Waals surface area contributed by atoms with Crippen LogP contribution in [0.15, 0.2) is 40.8 Å². The summed E-state index contributed by atoms with van der Waals surface area (Å²) < 4.78 is 5.48. The number of hydrogen-bond acceptors (Lipinski definition) is 3. The first kappa shape index (κ1) is 14.3. The summed E-state index contributed by atoms with van der Waals surface area (Å²) in [7, 11) is 0. The summed E-state index contributed by atoms with van der Waals surface area (Å²) in [6.07, 6.45) is 0.500. The fraction of sp³-hybridized carbons (Fsp3) is 0.312. The molecular weight excluding hydrogens is 254 g/mol. The van der Waals surface area contributed by atoms with Crippen molar-refractivity contribution in [3.8, 4) is 11.3 Å². The van der Waals surface area contributed by atoms with Gasteiger partial charge in [0.2, 0.25) is 5.91 Å². The predicted octanol–water partition coefficient (Wildman–Crippen LogP) is 3.42. The second-order valence-electron chi connectivity index (χ2n) is 5.15. The van der Waals surface area contributed by atoms with Crippen LogP contribution in [-0.2, 0) is 11.4 Å². The van der Waals surface area contributed by atoms with E-state index in [1.54, 1.807) is 12.1 Å². The standard InChI is InChI=1S/C16H19NO3/c1-11(2)8-16(19)17-13-5-3-4-12(9-13)15-7-6-14(10-18)20-15/h3-7,9,11,18H,8,10H2,1-2H3,(H,17,19). The third kappa shape index (κ3) is 3.71. The molecule has 2 aromatic rings. The van der Waals surface area contributed by atoms with Gasteiger partial charge in [-0.15, -0.1) is 0 Å². The molecule has 4 heteroatoms. The fourth-order valence-corrected chi connectivity index (χ4v) is 1.95. The van der Waals surface area contributed by atoms with Gasteiger partial charge in [0.1, 0.15) is 18.1 Å². The maximum atomic E-state index is 11.8. The molecule has 1 amide bonds. The van der Waals surface area contributed by atoms with E-state index in [-0.39, 0.29) is 12.5 Å². The van der Waals surface area contributed by atoms with Gasteiger partial charge in [-0.25, -0.2) is 0 Å². The van der Waals surface area contributed by atoms with Gasteiger partial charge in [-0.2, -0.15) is 0 Å². The van der Waals surface area contributed by atoms with Gasteiger partial charge in [-0.1, -0.05) is 26.0 Å². The van der Waals surface area contributed by atoms with Gasteiger partial charge in [0, 0.05) is 17.7 Å². The Labute approximate surface area is 118 Å². The Bertz CT molecular complexity index is 587. The van der Waals surface area contributed by atoms with Crippen LogP contribution in [0.25, 0.3) is 11.3 Å². The number of aliphatic hydroxyl groups is 1. The summed E-state index contributed by atoms with van der Waals surface area (Å²) in [5.74, 6) is 1.53. The van der Waals surface area contributed by atoms with Gasteiger partial charge in [0.05, 0.1) is 0 Å². The lowest BCUT2D eigenvalue weighted by Crippen LogP contribution is -2.13. The van der Waals surface area contributed by atoms with Crippen LogP contribution in [-0.4, -0.2) is 11.0 Å². The molecular formula is C16H19NO3. The molecule has 1 aromatic carbocycles. The van der Waals surface area contributed by atoms with Crippen LogP contribution in [0, 0.1) is 5.92 Å². The molecule has 0 spiro atoms. The van der Waals surface area contributed by atoms with Gasteiger partial charge in [-0.3, -0.25) is 4.79 Å². The molecule has 0 bridgehead atoms. The van der Waals surface area contributed by atoms with Crippen LogP contribution in [0.3, 0.4) is 0 Å². The smallest absolute Gasteiger partial charge is 0.224 e. The Kier molecular flexibility index (Phi) is 4.58. The minimum atomic E-state index is -0.120. The zero-order valence-corrected chi connectivity index (χ0v) is 11.7. The summed E-state index contributed by atoms with van der Waals surface area (Å²) in [5.41, 5.74) is 1.61. The molecule has 0 saturated heterocycles. The maximum absolute atomic E-state index is 11.8. The van der Waals surface area contributed by atoms with Gasteiger partial charge < -0.3 is 14.8 Å². The summed E-state index contributed by atoms with van der Waals surface area (Å²) in [5, 5.41) is 11.9. The molecule has 2 N–H and O–H groups in total. The molecule has 106 valence electrons. The van der Waals surface area contributed by atoms with Crippen molar-refractivity contribution in [2.45, 2.75) is 26.9 Å². The highest BCUT2D eigenvalue weighted by Crippen LogP contribution is 2.25. The SMILES string of the molecule is CC(C)CC(=O)Nc1cccc(-c2ccc(CO)o2)c1. The first-order valence-electron chi connectivity index (χ1n) is 6.68. The molecule has 0 aliphatic carbocycles. The van der Waals surface area contributed by atoms with Crippen molar-refractivity contribution < 1.29 is 14.3 Å². The highest BCUT2D eigenvalue weighted by molar-refractivity contribution is 5.91. The minimum Gasteiger partial charge on any atom is -0.459 e. The summed E-state index contributed by atoms with van der Waals surface area (Å²) in [4.78, 5) is 11.8. The molecule has 2 rings (SSSR count). The number of amides is 1. The molecule has 1 heterocycles. The van der Waals surface area contributed by atoms with Crippen LogP contribution in [0.5, 0.6) is 0 Å². The van der Waals surface area contributed by atoms with Crippen molar-refractivity contribution in [2.24, 2.45) is 5.92 Å². The monoisotopic (exact) mass is 273 g/mol. The number of furan rings is 1. The van der Waals surface area contributed by atoms with Crippen LogP contribution in [0.2, 0.25) is 0 Å². The van der Waals surface area contributed by atoms with Crippen molar-refractivity contribution in [3.05, 3.63) is 42.2 Å². The van der Waals surface area contributed by atoms with E-state index in [0.29, 0.717) is 23.9 Å². The normalized spacial score (nSPS) is 10.8. The third-order valence-corrected chi connectivity index (χ3v) is 2.84. The van der Waals surface area contributed by atoms with Gasteiger partial charge in [0.25, 0.3) is 0 Å². The molecule has 4 nitrogen and oxygen atoms in total. The predicted molar refractivity (Wildman–Crippen MR) is 78.2 cm³/mol. The molecule has 0 fully saturated rings. The highest BCUT2D eigenvalue weighted by Gasteiger charge is 2.08. The fourth-order valence-electron chi connectivity index (χ4n) is 1.95. The Morgan fingerprint density at radius 3 is 2.75 bits per heavy atom.